The van der Waals surface area contributed by atoms with Gasteiger partial charge in [-0.2, -0.15) is 0 Å². The fraction of sp³-hybridized carbons (Fsp3) is 0.500. The number of hydrogen-bond acceptors (Lipinski definition) is 7. The zero-order valence-electron chi connectivity index (χ0n) is 12.4. The molecule has 0 unspecified atom stereocenters. The van der Waals surface area contributed by atoms with E-state index in [9.17, 15) is 18.3 Å². The fourth-order valence-electron chi connectivity index (χ4n) is 2.14. The van der Waals surface area contributed by atoms with Crippen LogP contribution in [0.2, 0.25) is 0 Å². The van der Waals surface area contributed by atoms with Gasteiger partial charge in [0.25, 0.3) is 0 Å². The molecule has 0 saturated carbocycles. The molecule has 0 amide bonds. The predicted octanol–water partition coefficient (Wildman–Crippen LogP) is -3.92. The molecule has 7 N–H and O–H groups in total. The molecular weight excluding hydrogens is 431 g/mol. The third kappa shape index (κ3) is 5.16. The van der Waals surface area contributed by atoms with E-state index < -0.39 is 56.9 Å². The Balaban J connectivity index is 0.00000264. The van der Waals surface area contributed by atoms with Crippen molar-refractivity contribution in [1.29, 1.82) is 0 Å². The van der Waals surface area contributed by atoms with Gasteiger partial charge in [0.2, 0.25) is 0 Å². The van der Waals surface area contributed by atoms with E-state index in [2.05, 4.69) is 5.32 Å². The summed E-state index contributed by atoms with van der Waals surface area (Å²) in [6.45, 7) is -0.538. The van der Waals surface area contributed by atoms with Crippen LogP contribution >= 0.6 is 0 Å². The average Bonchev–Trinajstić information content (AvgIpc) is 2.47. The van der Waals surface area contributed by atoms with E-state index in [0.717, 1.165) is 0 Å². The summed E-state index contributed by atoms with van der Waals surface area (Å²) in [7, 11) is 0. The molecule has 1 saturated heterocycles. The topological polar surface area (TPSA) is 160 Å². The average molecular weight is 449 g/mol. The quantitative estimate of drug-likeness (QED) is 0.228. The number of rotatable bonds is 4. The number of aliphatic hydroxyl groups excluding tert-OH is 4. The van der Waals surface area contributed by atoms with Crippen LogP contribution in [0.1, 0.15) is 0 Å². The Hall–Kier alpha value is 0.358. The van der Waals surface area contributed by atoms with Crippen LogP contribution < -0.4 is 8.83 Å². The van der Waals surface area contributed by atoms with Gasteiger partial charge in [-0.1, -0.05) is 0 Å². The molecule has 1 radical (unpaired) electrons. The SMILES string of the molecule is [Na].[O]=[Sb]([OH])([OH])[c]1ccc(N[C@@H]2O[C@H](CO)[C@@H](O)[C@H](O)[C@H]2O)cc1. The van der Waals surface area contributed by atoms with E-state index >= 15 is 0 Å². The monoisotopic (exact) mass is 448 g/mol. The van der Waals surface area contributed by atoms with E-state index in [4.69, 9.17) is 16.6 Å². The van der Waals surface area contributed by atoms with Gasteiger partial charge in [-0.25, -0.2) is 0 Å². The standard InChI is InChI=1S/C12H16NO5.Na.2H2O.O.Sb/c14-6-8-9(15)10(16)11(17)12(18-8)13-7-4-2-1-3-5-7;;;;;/h2-5,8-17H,6H2;;2*1H2;;/q;;;;;+2/p-2/t8-,9-,10+,11-,12-;;;;;/m1...../s1. The van der Waals surface area contributed by atoms with E-state index in [1.165, 1.54) is 24.3 Å². The number of nitrogens with one attached hydrogen (secondary N) is 1. The second kappa shape index (κ2) is 8.64. The van der Waals surface area contributed by atoms with Gasteiger partial charge in [0.15, 0.2) is 0 Å². The van der Waals surface area contributed by atoms with Crippen molar-refractivity contribution >= 4 is 58.4 Å². The molecule has 0 aromatic heterocycles. The predicted molar refractivity (Wildman–Crippen MR) is 80.1 cm³/mol. The maximum atomic E-state index is 11.2. The van der Waals surface area contributed by atoms with Crippen LogP contribution in [0.25, 0.3) is 0 Å². The Morgan fingerprint density at radius 3 is 2.09 bits per heavy atom. The number of hydrogen-bond donors (Lipinski definition) is 7. The molecule has 9 nitrogen and oxygen atoms in total. The van der Waals surface area contributed by atoms with Gasteiger partial charge in [-0.3, -0.25) is 0 Å². The van der Waals surface area contributed by atoms with Crippen molar-refractivity contribution in [1.82, 2.24) is 0 Å². The summed E-state index contributed by atoms with van der Waals surface area (Å²) in [4.78, 5) is 0. The first-order chi connectivity index (χ1) is 10.2. The van der Waals surface area contributed by atoms with Crippen molar-refractivity contribution in [2.75, 3.05) is 11.9 Å². The van der Waals surface area contributed by atoms with Gasteiger partial charge in [0, 0.05) is 29.6 Å². The minimum absolute atomic E-state index is 0. The zero-order chi connectivity index (χ0) is 16.5. The summed E-state index contributed by atoms with van der Waals surface area (Å²) < 4.78 is 34.5. The molecule has 2 rings (SSSR count). The molecular formula is C12H18NNaO8Sb. The Labute approximate surface area is 159 Å². The molecule has 125 valence electrons. The summed E-state index contributed by atoms with van der Waals surface area (Å²) in [6, 6.07) is 5.30. The summed E-state index contributed by atoms with van der Waals surface area (Å²) in [5, 5.41) is 41.0. The first kappa shape index (κ1) is 21.4. The van der Waals surface area contributed by atoms with Crippen LogP contribution in [0.5, 0.6) is 0 Å². The summed E-state index contributed by atoms with van der Waals surface area (Å²) in [6.07, 6.45) is -6.51. The minimum atomic E-state index is -5.25. The van der Waals surface area contributed by atoms with E-state index in [-0.39, 0.29) is 33.1 Å². The number of benzene rings is 1. The normalized spacial score (nSPS) is 31.3. The first-order valence-corrected chi connectivity index (χ1v) is 11.1. The number of aliphatic hydroxyl groups is 4. The number of anilines is 1. The van der Waals surface area contributed by atoms with Gasteiger partial charge < -0.3 is 0 Å². The summed E-state index contributed by atoms with van der Waals surface area (Å²) in [5.41, 5.74) is 0.391. The van der Waals surface area contributed by atoms with E-state index in [0.29, 0.717) is 5.69 Å². The van der Waals surface area contributed by atoms with Crippen molar-refractivity contribution in [2.45, 2.75) is 30.6 Å². The van der Waals surface area contributed by atoms with E-state index in [1.54, 1.807) is 0 Å². The second-order valence-corrected chi connectivity index (χ2v) is 9.56. The van der Waals surface area contributed by atoms with Crippen molar-refractivity contribution in [2.24, 2.45) is 0 Å². The molecule has 1 aromatic rings. The van der Waals surface area contributed by atoms with Crippen molar-refractivity contribution < 1.29 is 35.0 Å². The van der Waals surface area contributed by atoms with Crippen molar-refractivity contribution in [3.8, 4) is 0 Å². The van der Waals surface area contributed by atoms with Gasteiger partial charge in [0.05, 0.1) is 0 Å². The third-order valence-electron chi connectivity index (χ3n) is 3.40. The molecule has 0 bridgehead atoms. The molecule has 5 atom stereocenters. The summed E-state index contributed by atoms with van der Waals surface area (Å²) in [5.74, 6) is 0. The van der Waals surface area contributed by atoms with Crippen molar-refractivity contribution in [3.63, 3.8) is 0 Å². The van der Waals surface area contributed by atoms with Crippen LogP contribution in [-0.2, 0) is 7.75 Å². The third-order valence-corrected chi connectivity index (χ3v) is 6.18. The van der Waals surface area contributed by atoms with Crippen LogP contribution in [-0.4, -0.2) is 114 Å². The Bertz CT molecular complexity index is 550. The van der Waals surface area contributed by atoms with Crippen LogP contribution in [0.15, 0.2) is 24.3 Å². The molecule has 0 spiro atoms. The van der Waals surface area contributed by atoms with Gasteiger partial charge in [-0.05, 0) is 0 Å². The number of ether oxygens (including phenoxy) is 1. The Kier molecular flexibility index (Phi) is 8.04. The van der Waals surface area contributed by atoms with Gasteiger partial charge in [0.1, 0.15) is 0 Å². The summed E-state index contributed by atoms with van der Waals surface area (Å²) >= 11 is -5.25. The zero-order valence-corrected chi connectivity index (χ0v) is 16.9. The molecule has 1 aliphatic heterocycles. The van der Waals surface area contributed by atoms with Gasteiger partial charge in [-0.15, -0.1) is 0 Å². The first-order valence-electron chi connectivity index (χ1n) is 6.47. The maximum absolute atomic E-state index is 11.2. The second-order valence-electron chi connectivity index (χ2n) is 4.98. The molecule has 1 aromatic carbocycles. The molecule has 1 fully saturated rings. The fourth-order valence-corrected chi connectivity index (χ4v) is 3.67. The Morgan fingerprint density at radius 2 is 1.61 bits per heavy atom. The molecule has 11 heteroatoms. The van der Waals surface area contributed by atoms with Gasteiger partial charge >= 0.3 is 131 Å². The molecule has 0 aliphatic carbocycles. The van der Waals surface area contributed by atoms with E-state index in [1.807, 2.05) is 0 Å². The Morgan fingerprint density at radius 1 is 1.04 bits per heavy atom. The van der Waals surface area contributed by atoms with Crippen molar-refractivity contribution in [3.05, 3.63) is 24.3 Å². The van der Waals surface area contributed by atoms with Crippen LogP contribution in [0, 0.1) is 0 Å². The van der Waals surface area contributed by atoms with Crippen LogP contribution in [0.3, 0.4) is 0 Å². The van der Waals surface area contributed by atoms with Crippen LogP contribution in [0.4, 0.5) is 5.69 Å². The molecule has 1 aliphatic rings. The molecule has 23 heavy (non-hydrogen) atoms. The molecule has 1 heterocycles.